The summed E-state index contributed by atoms with van der Waals surface area (Å²) < 4.78 is 43.9. The van der Waals surface area contributed by atoms with Crippen molar-refractivity contribution < 1.29 is 27.5 Å². The highest BCUT2D eigenvalue weighted by Gasteiger charge is 2.53. The number of rotatable bonds is 6. The van der Waals surface area contributed by atoms with Crippen LogP contribution in [0.2, 0.25) is 0 Å². The van der Waals surface area contributed by atoms with Gasteiger partial charge in [-0.15, -0.1) is 0 Å². The molecule has 2 heterocycles. The average Bonchev–Trinajstić information content (AvgIpc) is 3.31. The van der Waals surface area contributed by atoms with Gasteiger partial charge in [-0.2, -0.15) is 13.2 Å². The Kier molecular flexibility index (Phi) is 6.96. The molecule has 1 aliphatic heterocycles. The zero-order chi connectivity index (χ0) is 27.8. The maximum Gasteiger partial charge on any atom is 0.416 e. The van der Waals surface area contributed by atoms with Gasteiger partial charge in [0.2, 0.25) is 0 Å². The van der Waals surface area contributed by atoms with Gasteiger partial charge in [-0.3, -0.25) is 9.59 Å². The van der Waals surface area contributed by atoms with E-state index in [1.54, 1.807) is 41.4 Å². The smallest absolute Gasteiger partial charge is 0.416 e. The fourth-order valence-electron chi connectivity index (χ4n) is 5.32. The van der Waals surface area contributed by atoms with Gasteiger partial charge >= 0.3 is 6.18 Å². The number of likely N-dealkylation sites (tertiary alicyclic amines) is 1. The van der Waals surface area contributed by atoms with Crippen LogP contribution in [-0.2, 0) is 6.18 Å². The van der Waals surface area contributed by atoms with Crippen molar-refractivity contribution >= 4 is 17.6 Å². The number of carbonyl (C=O) groups is 2. The molecule has 1 N–H and O–H groups in total. The maximum atomic E-state index is 13.1. The Morgan fingerprint density at radius 2 is 1.59 bits per heavy atom. The van der Waals surface area contributed by atoms with Gasteiger partial charge in [0.05, 0.1) is 11.1 Å². The zero-order valence-electron chi connectivity index (χ0n) is 21.7. The molecule has 1 aromatic heterocycles. The summed E-state index contributed by atoms with van der Waals surface area (Å²) >= 11 is 0. The van der Waals surface area contributed by atoms with E-state index in [4.69, 9.17) is 4.74 Å². The fraction of sp³-hybridized carbons (Fsp3) is 0.345. The number of benzene rings is 2. The molecule has 2 fully saturated rings. The number of anilines is 1. The van der Waals surface area contributed by atoms with Crippen LogP contribution in [0.3, 0.4) is 0 Å². The van der Waals surface area contributed by atoms with Crippen molar-refractivity contribution in [2.75, 3.05) is 32.1 Å². The highest BCUT2D eigenvalue weighted by atomic mass is 19.4. The second-order valence-corrected chi connectivity index (χ2v) is 10.4. The van der Waals surface area contributed by atoms with Crippen molar-refractivity contribution in [3.63, 3.8) is 0 Å². The Morgan fingerprint density at radius 3 is 2.15 bits per heavy atom. The molecule has 2 aromatic carbocycles. The largest absolute Gasteiger partial charge is 0.457 e. The van der Waals surface area contributed by atoms with E-state index in [0.29, 0.717) is 30.0 Å². The third-order valence-corrected chi connectivity index (χ3v) is 7.50. The van der Waals surface area contributed by atoms with Crippen LogP contribution in [0.15, 0.2) is 66.9 Å². The minimum atomic E-state index is -4.41. The minimum absolute atomic E-state index is 0.0120. The summed E-state index contributed by atoms with van der Waals surface area (Å²) in [5.74, 6) is 1.19. The summed E-state index contributed by atoms with van der Waals surface area (Å²) in [5, 5.41) is 3.17. The maximum absolute atomic E-state index is 13.1. The van der Waals surface area contributed by atoms with Crippen LogP contribution in [-0.4, -0.2) is 54.9 Å². The molecule has 0 radical (unpaired) electrons. The molecule has 1 atom stereocenters. The van der Waals surface area contributed by atoms with E-state index >= 15 is 0 Å². The van der Waals surface area contributed by atoms with Gasteiger partial charge in [0.15, 0.2) is 0 Å². The van der Waals surface area contributed by atoms with Crippen LogP contribution in [0.1, 0.15) is 45.5 Å². The molecule has 5 rings (SSSR count). The quantitative estimate of drug-likeness (QED) is 0.456. The molecule has 10 heteroatoms. The van der Waals surface area contributed by atoms with Crippen LogP contribution in [0.4, 0.5) is 19.0 Å². The lowest BCUT2D eigenvalue weighted by atomic mass is 9.74. The van der Waals surface area contributed by atoms with E-state index in [9.17, 15) is 22.8 Å². The van der Waals surface area contributed by atoms with Crippen LogP contribution in [0.25, 0.3) is 0 Å². The Morgan fingerprint density at radius 1 is 0.974 bits per heavy atom. The molecule has 0 bridgehead atoms. The van der Waals surface area contributed by atoms with Crippen molar-refractivity contribution in [2.24, 2.45) is 5.41 Å². The predicted octanol–water partition coefficient (Wildman–Crippen LogP) is 5.38. The summed E-state index contributed by atoms with van der Waals surface area (Å²) in [6, 6.07) is 14.5. The monoisotopic (exact) mass is 538 g/mol. The second kappa shape index (κ2) is 10.2. The van der Waals surface area contributed by atoms with Crippen molar-refractivity contribution in [1.29, 1.82) is 0 Å². The number of pyridine rings is 1. The summed E-state index contributed by atoms with van der Waals surface area (Å²) in [6.07, 6.45) is -0.0309. The van der Waals surface area contributed by atoms with Gasteiger partial charge < -0.3 is 19.9 Å². The first-order valence-corrected chi connectivity index (χ1v) is 12.7. The van der Waals surface area contributed by atoms with E-state index < -0.39 is 11.7 Å². The van der Waals surface area contributed by atoms with Crippen molar-refractivity contribution in [2.45, 2.75) is 31.5 Å². The number of hydrogen-bond acceptors (Lipinski definition) is 5. The molecule has 2 aliphatic rings. The molecule has 7 nitrogen and oxygen atoms in total. The van der Waals surface area contributed by atoms with E-state index in [0.717, 1.165) is 37.2 Å². The molecule has 1 aliphatic carbocycles. The highest BCUT2D eigenvalue weighted by Crippen LogP contribution is 2.46. The van der Waals surface area contributed by atoms with Crippen LogP contribution in [0.5, 0.6) is 11.5 Å². The number of nitrogens with zero attached hydrogens (tertiary/aromatic N) is 3. The van der Waals surface area contributed by atoms with E-state index in [-0.39, 0.29) is 29.0 Å². The first-order valence-electron chi connectivity index (χ1n) is 12.7. The number of halogens is 3. The third kappa shape index (κ3) is 5.55. The minimum Gasteiger partial charge on any atom is -0.457 e. The van der Waals surface area contributed by atoms with Gasteiger partial charge in [0.1, 0.15) is 17.3 Å². The molecule has 1 saturated heterocycles. The lowest BCUT2D eigenvalue weighted by Crippen LogP contribution is -2.64. The number of nitrogens with one attached hydrogen (secondary N) is 1. The predicted molar refractivity (Wildman–Crippen MR) is 140 cm³/mol. The number of aromatic nitrogens is 1. The fourth-order valence-corrected chi connectivity index (χ4v) is 5.32. The Labute approximate surface area is 224 Å². The van der Waals surface area contributed by atoms with Gasteiger partial charge in [-0.1, -0.05) is 6.42 Å². The second-order valence-electron chi connectivity index (χ2n) is 10.4. The first kappa shape index (κ1) is 26.5. The summed E-state index contributed by atoms with van der Waals surface area (Å²) in [6.45, 7) is 1.14. The Bertz CT molecular complexity index is 1330. The molecule has 1 saturated carbocycles. The third-order valence-electron chi connectivity index (χ3n) is 7.50. The summed E-state index contributed by atoms with van der Waals surface area (Å²) in [5.41, 5.74) is 0.125. The molecular weight excluding hydrogens is 509 g/mol. The number of amides is 2. The van der Waals surface area contributed by atoms with E-state index in [1.807, 2.05) is 25.1 Å². The normalized spacial score (nSPS) is 18.0. The lowest BCUT2D eigenvalue weighted by Gasteiger charge is -2.51. The van der Waals surface area contributed by atoms with Crippen LogP contribution in [0, 0.1) is 5.41 Å². The number of carbonyl (C=O) groups excluding carboxylic acids is 2. The SMILES string of the molecule is CN(C)c1ccc(C(=O)NC2CCCC23CN(C(=O)c2ccc(Oc4ccc(C(F)(F)F)cc4)cc2)C3)cn1. The zero-order valence-corrected chi connectivity index (χ0v) is 21.7. The number of ether oxygens (including phenoxy) is 1. The molecule has 1 spiro atoms. The summed E-state index contributed by atoms with van der Waals surface area (Å²) in [7, 11) is 3.78. The van der Waals surface area contributed by atoms with Crippen LogP contribution < -0.4 is 15.0 Å². The average molecular weight is 539 g/mol. The molecular formula is C29H29F3N4O3. The number of alkyl halides is 3. The lowest BCUT2D eigenvalue weighted by molar-refractivity contribution is -0.137. The first-order chi connectivity index (χ1) is 18.5. The number of hydrogen-bond donors (Lipinski definition) is 1. The van der Waals surface area contributed by atoms with Crippen molar-refractivity contribution in [3.8, 4) is 11.5 Å². The topological polar surface area (TPSA) is 74.8 Å². The van der Waals surface area contributed by atoms with E-state index in [1.165, 1.54) is 12.1 Å². The van der Waals surface area contributed by atoms with E-state index in [2.05, 4.69) is 10.3 Å². The molecule has 3 aromatic rings. The van der Waals surface area contributed by atoms with Gasteiger partial charge in [-0.25, -0.2) is 4.98 Å². The molecule has 39 heavy (non-hydrogen) atoms. The standard InChI is InChI=1S/C29H29F3N4O3/c1-35(2)25-14-7-20(16-33-25)26(37)34-24-4-3-15-28(24)17-36(18-28)27(38)19-5-10-22(11-6-19)39-23-12-8-21(9-13-23)29(30,31)32/h5-14,16,24H,3-4,15,17-18H2,1-2H3,(H,34,37). The molecule has 204 valence electrons. The van der Waals surface area contributed by atoms with Gasteiger partial charge in [0.25, 0.3) is 11.8 Å². The highest BCUT2D eigenvalue weighted by molar-refractivity contribution is 5.95. The summed E-state index contributed by atoms with van der Waals surface area (Å²) in [4.78, 5) is 33.9. The van der Waals surface area contributed by atoms with Gasteiger partial charge in [-0.05, 0) is 73.5 Å². The van der Waals surface area contributed by atoms with Gasteiger partial charge in [0, 0.05) is 50.4 Å². The van der Waals surface area contributed by atoms with Crippen LogP contribution >= 0.6 is 0 Å². The van der Waals surface area contributed by atoms with Crippen molar-refractivity contribution in [1.82, 2.24) is 15.2 Å². The molecule has 2 amide bonds. The molecule has 1 unspecified atom stereocenters. The van der Waals surface area contributed by atoms with Crippen molar-refractivity contribution in [3.05, 3.63) is 83.6 Å². The Balaban J connectivity index is 1.16. The Hall–Kier alpha value is -4.08.